The van der Waals surface area contributed by atoms with E-state index in [9.17, 15) is 4.79 Å². The highest BCUT2D eigenvalue weighted by Gasteiger charge is 1.99. The van der Waals surface area contributed by atoms with Gasteiger partial charge in [-0.2, -0.15) is 0 Å². The first-order chi connectivity index (χ1) is 7.26. The minimum Gasteiger partial charge on any atom is -0.352 e. The van der Waals surface area contributed by atoms with E-state index in [4.69, 9.17) is 11.6 Å². The van der Waals surface area contributed by atoms with Gasteiger partial charge < -0.3 is 5.32 Å². The molecule has 0 fully saturated rings. The maximum Gasteiger partial charge on any atom is 0.221 e. The van der Waals surface area contributed by atoms with Crippen molar-refractivity contribution in [1.82, 2.24) is 5.32 Å². The molecule has 0 unspecified atom stereocenters. The van der Waals surface area contributed by atoms with Crippen LogP contribution in [-0.4, -0.2) is 11.8 Å². The van der Waals surface area contributed by atoms with Crippen LogP contribution >= 0.6 is 11.6 Å². The zero-order chi connectivity index (χ0) is 11.1. The first-order valence-electron chi connectivity index (χ1n) is 5.16. The molecule has 0 radical (unpaired) electrons. The van der Waals surface area contributed by atoms with Crippen molar-refractivity contribution in [2.45, 2.75) is 26.3 Å². The number of nitrogens with one attached hydrogen (secondary N) is 1. The molecule has 0 spiro atoms. The van der Waals surface area contributed by atoms with Gasteiger partial charge in [-0.1, -0.05) is 31.2 Å². The van der Waals surface area contributed by atoms with E-state index >= 15 is 0 Å². The average Bonchev–Trinajstić information content (AvgIpc) is 2.27. The van der Waals surface area contributed by atoms with Crippen LogP contribution in [0.5, 0.6) is 0 Å². The van der Waals surface area contributed by atoms with E-state index < -0.39 is 0 Å². The van der Waals surface area contributed by atoms with Crippen LogP contribution in [0, 0.1) is 0 Å². The molecule has 0 heterocycles. The van der Waals surface area contributed by atoms with E-state index in [0.29, 0.717) is 18.8 Å². The van der Waals surface area contributed by atoms with Crippen molar-refractivity contribution in [1.29, 1.82) is 0 Å². The first-order valence-corrected chi connectivity index (χ1v) is 5.70. The van der Waals surface area contributed by atoms with Crippen molar-refractivity contribution in [3.05, 3.63) is 35.4 Å². The van der Waals surface area contributed by atoms with Crippen LogP contribution in [0.3, 0.4) is 0 Å². The molecule has 0 bridgehead atoms. The summed E-state index contributed by atoms with van der Waals surface area (Å²) < 4.78 is 0. The lowest BCUT2D eigenvalue weighted by molar-refractivity contribution is -0.120. The van der Waals surface area contributed by atoms with E-state index in [1.165, 1.54) is 5.56 Å². The highest BCUT2D eigenvalue weighted by Crippen LogP contribution is 2.04. The highest BCUT2D eigenvalue weighted by molar-refractivity contribution is 6.18. The fourth-order valence-corrected chi connectivity index (χ4v) is 1.44. The Morgan fingerprint density at radius 1 is 1.27 bits per heavy atom. The molecule has 2 nitrogen and oxygen atoms in total. The van der Waals surface area contributed by atoms with Crippen molar-refractivity contribution in [3.63, 3.8) is 0 Å². The number of rotatable bonds is 5. The molecule has 1 N–H and O–H groups in total. The second kappa shape index (κ2) is 6.46. The fraction of sp³-hybridized carbons (Fsp3) is 0.417. The molecule has 1 aromatic rings. The van der Waals surface area contributed by atoms with Gasteiger partial charge in [0.1, 0.15) is 0 Å². The van der Waals surface area contributed by atoms with Crippen molar-refractivity contribution in [2.24, 2.45) is 0 Å². The number of alkyl halides is 1. The van der Waals surface area contributed by atoms with Crippen LogP contribution in [0.25, 0.3) is 0 Å². The van der Waals surface area contributed by atoms with Gasteiger partial charge in [-0.25, -0.2) is 0 Å². The maximum atomic E-state index is 11.1. The summed E-state index contributed by atoms with van der Waals surface area (Å²) in [5, 5.41) is 2.81. The third-order valence-corrected chi connectivity index (χ3v) is 2.43. The van der Waals surface area contributed by atoms with E-state index in [2.05, 4.69) is 24.4 Å². The Hall–Kier alpha value is -1.02. The van der Waals surface area contributed by atoms with Crippen LogP contribution in [0.15, 0.2) is 24.3 Å². The summed E-state index contributed by atoms with van der Waals surface area (Å²) in [6.07, 6.45) is 1.42. The second-order valence-electron chi connectivity index (χ2n) is 3.39. The van der Waals surface area contributed by atoms with Gasteiger partial charge in [0.25, 0.3) is 0 Å². The summed E-state index contributed by atoms with van der Waals surface area (Å²) in [5.74, 6) is 0.380. The third kappa shape index (κ3) is 4.34. The van der Waals surface area contributed by atoms with Gasteiger partial charge in [-0.05, 0) is 17.5 Å². The summed E-state index contributed by atoms with van der Waals surface area (Å²) in [5.41, 5.74) is 2.43. The largest absolute Gasteiger partial charge is 0.352 e. The number of carbonyl (C=O) groups excluding carboxylic acids is 1. The Bertz CT molecular complexity index is 308. The normalized spacial score (nSPS) is 10.0. The van der Waals surface area contributed by atoms with Crippen LogP contribution in [0.4, 0.5) is 0 Å². The summed E-state index contributed by atoms with van der Waals surface area (Å²) >= 11 is 5.46. The standard InChI is InChI=1S/C12H16ClNO/c1-2-10-3-5-11(6-4-10)9-14-12(15)7-8-13/h3-6H,2,7-9H2,1H3,(H,14,15). The molecule has 3 heteroatoms. The number of carbonyl (C=O) groups is 1. The number of hydrogen-bond donors (Lipinski definition) is 1. The predicted octanol–water partition coefficient (Wildman–Crippen LogP) is 2.49. The summed E-state index contributed by atoms with van der Waals surface area (Å²) in [7, 11) is 0. The van der Waals surface area contributed by atoms with Crippen molar-refractivity contribution in [3.8, 4) is 0 Å². The van der Waals surface area contributed by atoms with Gasteiger partial charge >= 0.3 is 0 Å². The number of halogens is 1. The Morgan fingerprint density at radius 2 is 1.87 bits per heavy atom. The number of aryl methyl sites for hydroxylation is 1. The lowest BCUT2D eigenvalue weighted by Crippen LogP contribution is -2.22. The van der Waals surface area contributed by atoms with E-state index in [-0.39, 0.29) is 5.91 Å². The molecule has 0 aliphatic carbocycles. The lowest BCUT2D eigenvalue weighted by atomic mass is 10.1. The van der Waals surface area contributed by atoms with Crippen LogP contribution < -0.4 is 5.32 Å². The van der Waals surface area contributed by atoms with Gasteiger partial charge in [-0.3, -0.25) is 4.79 Å². The maximum absolute atomic E-state index is 11.1. The average molecular weight is 226 g/mol. The minimum atomic E-state index is 0.00423. The minimum absolute atomic E-state index is 0.00423. The monoisotopic (exact) mass is 225 g/mol. The molecule has 0 aliphatic rings. The van der Waals surface area contributed by atoms with Gasteiger partial charge in [0.15, 0.2) is 0 Å². The number of hydrogen-bond acceptors (Lipinski definition) is 1. The van der Waals surface area contributed by atoms with Gasteiger partial charge in [0.05, 0.1) is 0 Å². The number of benzene rings is 1. The highest BCUT2D eigenvalue weighted by atomic mass is 35.5. The Balaban J connectivity index is 2.40. The first kappa shape index (κ1) is 12.1. The Kier molecular flexibility index (Phi) is 5.19. The SMILES string of the molecule is CCc1ccc(CNC(=O)CCCl)cc1. The van der Waals surface area contributed by atoms with Gasteiger partial charge in [0.2, 0.25) is 5.91 Å². The van der Waals surface area contributed by atoms with E-state index in [1.807, 2.05) is 12.1 Å². The molecule has 82 valence electrons. The Morgan fingerprint density at radius 3 is 2.40 bits per heavy atom. The lowest BCUT2D eigenvalue weighted by Gasteiger charge is -2.04. The predicted molar refractivity (Wildman–Crippen MR) is 63.0 cm³/mol. The van der Waals surface area contributed by atoms with Crippen molar-refractivity contribution in [2.75, 3.05) is 5.88 Å². The van der Waals surface area contributed by atoms with Crippen LogP contribution in [0.1, 0.15) is 24.5 Å². The summed E-state index contributed by atoms with van der Waals surface area (Å²) in [6.45, 7) is 2.71. The Labute approximate surface area is 95.6 Å². The van der Waals surface area contributed by atoms with Crippen LogP contribution in [-0.2, 0) is 17.8 Å². The zero-order valence-corrected chi connectivity index (χ0v) is 9.68. The molecular formula is C12H16ClNO. The molecule has 1 amide bonds. The molecule has 1 rings (SSSR count). The molecule has 0 saturated heterocycles. The molecule has 0 atom stereocenters. The summed E-state index contributed by atoms with van der Waals surface area (Å²) in [4.78, 5) is 11.1. The molecular weight excluding hydrogens is 210 g/mol. The molecule has 15 heavy (non-hydrogen) atoms. The number of amides is 1. The summed E-state index contributed by atoms with van der Waals surface area (Å²) in [6, 6.07) is 8.26. The second-order valence-corrected chi connectivity index (χ2v) is 3.76. The van der Waals surface area contributed by atoms with Gasteiger partial charge in [-0.15, -0.1) is 11.6 Å². The van der Waals surface area contributed by atoms with Crippen molar-refractivity contribution >= 4 is 17.5 Å². The molecule has 0 aromatic heterocycles. The van der Waals surface area contributed by atoms with Crippen LogP contribution in [0.2, 0.25) is 0 Å². The fourth-order valence-electron chi connectivity index (χ4n) is 1.27. The quantitative estimate of drug-likeness (QED) is 0.767. The molecule has 0 aliphatic heterocycles. The van der Waals surface area contributed by atoms with E-state index in [1.54, 1.807) is 0 Å². The topological polar surface area (TPSA) is 29.1 Å². The van der Waals surface area contributed by atoms with Gasteiger partial charge in [0, 0.05) is 18.8 Å². The van der Waals surface area contributed by atoms with E-state index in [0.717, 1.165) is 12.0 Å². The third-order valence-electron chi connectivity index (χ3n) is 2.24. The zero-order valence-electron chi connectivity index (χ0n) is 8.92. The molecule has 0 saturated carbocycles. The molecule has 1 aromatic carbocycles. The smallest absolute Gasteiger partial charge is 0.221 e. The van der Waals surface area contributed by atoms with Crippen molar-refractivity contribution < 1.29 is 4.79 Å².